The molecule has 34 heavy (non-hydrogen) atoms. The molecule has 0 bridgehead atoms. The number of rotatable bonds is 12. The minimum absolute atomic E-state index is 0.414. The van der Waals surface area contributed by atoms with E-state index in [1.54, 1.807) is 0 Å². The van der Waals surface area contributed by atoms with Gasteiger partial charge in [0, 0.05) is 18.9 Å². The zero-order valence-electron chi connectivity index (χ0n) is 15.9. The number of carbonyl (C=O) groups is 1. The summed E-state index contributed by atoms with van der Waals surface area (Å²) < 4.78 is 226. The van der Waals surface area contributed by atoms with Crippen LogP contribution >= 0.6 is 0 Å². The van der Waals surface area contributed by atoms with E-state index in [1.807, 2.05) is 0 Å². The van der Waals surface area contributed by atoms with E-state index in [2.05, 4.69) is 11.3 Å². The Morgan fingerprint density at radius 2 is 0.941 bits per heavy atom. The number of halogens is 17. The van der Waals surface area contributed by atoms with Gasteiger partial charge in [0.1, 0.15) is 0 Å². The molecule has 0 aromatic carbocycles. The van der Waals surface area contributed by atoms with Crippen molar-refractivity contribution in [3.63, 3.8) is 0 Å². The maximum atomic E-state index is 13.6. The van der Waals surface area contributed by atoms with Gasteiger partial charge in [-0.3, -0.25) is 0 Å². The maximum absolute atomic E-state index is 13.6. The van der Waals surface area contributed by atoms with Crippen LogP contribution in [0.5, 0.6) is 0 Å². The fraction of sp³-hybridized carbons (Fsp3) is 0.800. The fourth-order valence-corrected chi connectivity index (χ4v) is 2.07. The highest BCUT2D eigenvalue weighted by molar-refractivity contribution is 5.81. The summed E-state index contributed by atoms with van der Waals surface area (Å²) in [5.41, 5.74) is 0. The van der Waals surface area contributed by atoms with Crippen molar-refractivity contribution in [3.8, 4) is 0 Å². The van der Waals surface area contributed by atoms with E-state index < -0.39 is 85.5 Å². The van der Waals surface area contributed by atoms with Crippen LogP contribution < -0.4 is 0 Å². The Morgan fingerprint density at radius 3 is 1.32 bits per heavy atom. The quantitative estimate of drug-likeness (QED) is 0.112. The van der Waals surface area contributed by atoms with Crippen molar-refractivity contribution < 1.29 is 84.2 Å². The Kier molecular flexibility index (Phi) is 8.70. The van der Waals surface area contributed by atoms with Crippen molar-refractivity contribution in [2.75, 3.05) is 0 Å². The fourth-order valence-electron chi connectivity index (χ4n) is 2.07. The largest absolute Gasteiger partial charge is 0.473 e. The molecule has 0 amide bonds. The first-order valence-electron chi connectivity index (χ1n) is 8.23. The molecule has 0 heterocycles. The second-order valence-corrected chi connectivity index (χ2v) is 6.54. The first kappa shape index (κ1) is 32.0. The van der Waals surface area contributed by atoms with Gasteiger partial charge in [0.2, 0.25) is 0 Å². The van der Waals surface area contributed by atoms with Crippen molar-refractivity contribution in [2.24, 2.45) is 0 Å². The second kappa shape index (κ2) is 9.23. The van der Waals surface area contributed by atoms with E-state index in [1.165, 1.54) is 0 Å². The highest BCUT2D eigenvalue weighted by Crippen LogP contribution is 2.62. The molecule has 0 aliphatic heterocycles. The van der Waals surface area contributed by atoms with Gasteiger partial charge in [-0.1, -0.05) is 6.58 Å². The number of ether oxygens (including phenoxy) is 1. The van der Waals surface area contributed by atoms with Crippen LogP contribution in [0.15, 0.2) is 12.7 Å². The molecule has 0 fully saturated rings. The highest BCUT2D eigenvalue weighted by atomic mass is 19.4. The van der Waals surface area contributed by atoms with Gasteiger partial charge in [-0.15, -0.1) is 0 Å². The molecule has 0 aliphatic carbocycles. The molecule has 0 aromatic rings. The summed E-state index contributed by atoms with van der Waals surface area (Å²) in [6.45, 7) is 2.33. The standard InChI is InChI=1S/C15H11F17O2/c1-2-7(33)34-15(31,32)14(29,30)13(27,28)12(25,26)11(23,24)10(21,22)8(16,17)5-3-4-6-9(18,19)20/h2H,1,3-6H2. The minimum Gasteiger partial charge on any atom is -0.393 e. The Labute approximate surface area is 177 Å². The topological polar surface area (TPSA) is 26.3 Å². The van der Waals surface area contributed by atoms with Crippen LogP contribution in [-0.2, 0) is 9.53 Å². The van der Waals surface area contributed by atoms with E-state index in [9.17, 15) is 79.4 Å². The molecule has 0 N–H and O–H groups in total. The van der Waals surface area contributed by atoms with Gasteiger partial charge < -0.3 is 4.74 Å². The summed E-state index contributed by atoms with van der Waals surface area (Å²) in [7, 11) is 0. The van der Waals surface area contributed by atoms with E-state index in [4.69, 9.17) is 0 Å². The summed E-state index contributed by atoms with van der Waals surface area (Å²) in [6, 6.07) is 0. The lowest BCUT2D eigenvalue weighted by Gasteiger charge is -2.42. The van der Waals surface area contributed by atoms with E-state index in [0.29, 0.717) is 0 Å². The predicted molar refractivity (Wildman–Crippen MR) is 75.4 cm³/mol. The molecule has 0 aliphatic rings. The highest BCUT2D eigenvalue weighted by Gasteiger charge is 2.93. The molecule has 0 spiro atoms. The third kappa shape index (κ3) is 5.46. The zero-order valence-corrected chi connectivity index (χ0v) is 15.9. The van der Waals surface area contributed by atoms with Crippen molar-refractivity contribution >= 4 is 5.97 Å². The molecule has 0 rings (SSSR count). The number of hydrogen-bond acceptors (Lipinski definition) is 2. The smallest absolute Gasteiger partial charge is 0.393 e. The number of unbranched alkanes of at least 4 members (excludes halogenated alkanes) is 1. The maximum Gasteiger partial charge on any atom is 0.473 e. The molecule has 0 unspecified atom stereocenters. The van der Waals surface area contributed by atoms with E-state index in [0.717, 1.165) is 0 Å². The van der Waals surface area contributed by atoms with Crippen LogP contribution in [0.2, 0.25) is 0 Å². The molecule has 0 aromatic heterocycles. The predicted octanol–water partition coefficient (Wildman–Crippen LogP) is 7.24. The van der Waals surface area contributed by atoms with Gasteiger partial charge in [-0.2, -0.15) is 74.6 Å². The van der Waals surface area contributed by atoms with Crippen LogP contribution in [0.1, 0.15) is 25.7 Å². The monoisotopic (exact) mass is 546 g/mol. The van der Waals surface area contributed by atoms with Crippen LogP contribution in [0.25, 0.3) is 0 Å². The normalized spacial score (nSPS) is 15.3. The third-order valence-corrected chi connectivity index (χ3v) is 4.00. The Bertz CT molecular complexity index is 738. The SMILES string of the molecule is C=CC(=O)OC(F)(F)C(F)(F)C(F)(F)C(F)(F)C(F)(F)C(F)(F)C(F)(F)CCCCC(F)(F)F. The molecule has 2 nitrogen and oxygen atoms in total. The molecular weight excluding hydrogens is 535 g/mol. The lowest BCUT2D eigenvalue weighted by molar-refractivity contribution is -0.460. The molecule has 19 heteroatoms. The molecule has 0 atom stereocenters. The van der Waals surface area contributed by atoms with E-state index in [-0.39, 0.29) is 0 Å². The first-order chi connectivity index (χ1) is 14.7. The summed E-state index contributed by atoms with van der Waals surface area (Å²) in [4.78, 5) is 10.5. The van der Waals surface area contributed by atoms with Crippen LogP contribution in [-0.4, -0.2) is 53.8 Å². The van der Waals surface area contributed by atoms with Gasteiger partial charge in [0.25, 0.3) is 0 Å². The Morgan fingerprint density at radius 1 is 0.588 bits per heavy atom. The van der Waals surface area contributed by atoms with Crippen molar-refractivity contribution in [1.29, 1.82) is 0 Å². The van der Waals surface area contributed by atoms with Crippen LogP contribution in [0.3, 0.4) is 0 Å². The molecule has 0 radical (unpaired) electrons. The third-order valence-electron chi connectivity index (χ3n) is 4.00. The van der Waals surface area contributed by atoms with Gasteiger partial charge in [-0.25, -0.2) is 4.79 Å². The van der Waals surface area contributed by atoms with Gasteiger partial charge in [-0.05, 0) is 12.8 Å². The lowest BCUT2D eigenvalue weighted by Crippen LogP contribution is -2.73. The zero-order chi connectivity index (χ0) is 27.8. The van der Waals surface area contributed by atoms with Crippen LogP contribution in [0, 0.1) is 0 Å². The second-order valence-electron chi connectivity index (χ2n) is 6.54. The number of carbonyl (C=O) groups excluding carboxylic acids is 1. The molecule has 202 valence electrons. The molecule has 0 saturated heterocycles. The summed E-state index contributed by atoms with van der Waals surface area (Å²) >= 11 is 0. The average Bonchev–Trinajstić information content (AvgIpc) is 2.63. The summed E-state index contributed by atoms with van der Waals surface area (Å²) in [5, 5.41) is 0. The van der Waals surface area contributed by atoms with E-state index >= 15 is 0 Å². The average molecular weight is 546 g/mol. The van der Waals surface area contributed by atoms with Gasteiger partial charge >= 0.3 is 53.8 Å². The number of alkyl halides is 17. The van der Waals surface area contributed by atoms with Crippen molar-refractivity contribution in [2.45, 2.75) is 73.5 Å². The number of esters is 1. The minimum atomic E-state index is -8.38. The molecule has 0 saturated carbocycles. The lowest BCUT2D eigenvalue weighted by atomic mass is 9.89. The van der Waals surface area contributed by atoms with Gasteiger partial charge in [0.15, 0.2) is 0 Å². The van der Waals surface area contributed by atoms with Crippen LogP contribution in [0.4, 0.5) is 74.6 Å². The Balaban J connectivity index is 6.21. The van der Waals surface area contributed by atoms with Crippen molar-refractivity contribution in [3.05, 3.63) is 12.7 Å². The summed E-state index contributed by atoms with van der Waals surface area (Å²) in [5.74, 6) is -49.7. The number of hydrogen-bond donors (Lipinski definition) is 0. The summed E-state index contributed by atoms with van der Waals surface area (Å²) in [6.07, 6.45) is -20.4. The van der Waals surface area contributed by atoms with Crippen molar-refractivity contribution in [1.82, 2.24) is 0 Å². The molecular formula is C15H11F17O2. The Hall–Kier alpha value is -1.98. The first-order valence-corrected chi connectivity index (χ1v) is 8.23. The van der Waals surface area contributed by atoms with Gasteiger partial charge in [0.05, 0.1) is 0 Å².